The second-order valence-electron chi connectivity index (χ2n) is 8.75. The van der Waals surface area contributed by atoms with Crippen LogP contribution in [0.25, 0.3) is 0 Å². The van der Waals surface area contributed by atoms with Crippen LogP contribution in [0.3, 0.4) is 0 Å². The van der Waals surface area contributed by atoms with Crippen LogP contribution in [0.2, 0.25) is 5.02 Å². The van der Waals surface area contributed by atoms with Gasteiger partial charge in [0.2, 0.25) is 0 Å². The lowest BCUT2D eigenvalue weighted by atomic mass is 10.3. The van der Waals surface area contributed by atoms with Crippen molar-refractivity contribution in [1.29, 1.82) is 0 Å². The fraction of sp³-hybridized carbons (Fsp3) is 0.458. The standard InChI is InChI=1S/C24H32ClF2N5O4S2/c1-29-7-10-31(11-8-29)13-14-37-30(2)9-12-32(17-23(33)28-34)38(35)20-15-21(26)24(22(27)16-20)36-19-5-3-18(25)4-6-19/h3-6,15-16,34H,7-14,17H2,1-2H3,(H,28,33). The van der Waals surface area contributed by atoms with Crippen LogP contribution in [0.5, 0.6) is 11.5 Å². The van der Waals surface area contributed by atoms with Crippen molar-refractivity contribution in [2.45, 2.75) is 4.90 Å². The van der Waals surface area contributed by atoms with E-state index in [1.807, 2.05) is 11.4 Å². The summed E-state index contributed by atoms with van der Waals surface area (Å²) >= 11 is 7.43. The summed E-state index contributed by atoms with van der Waals surface area (Å²) in [5.74, 6) is -2.50. The summed E-state index contributed by atoms with van der Waals surface area (Å²) in [6.07, 6.45) is 0. The second-order valence-corrected chi connectivity index (χ2v) is 12.0. The van der Waals surface area contributed by atoms with E-state index in [1.54, 1.807) is 11.9 Å². The van der Waals surface area contributed by atoms with Gasteiger partial charge in [0.25, 0.3) is 5.91 Å². The number of hydrogen-bond donors (Lipinski definition) is 2. The van der Waals surface area contributed by atoms with Gasteiger partial charge in [-0.05, 0) is 50.5 Å². The predicted octanol–water partition coefficient (Wildman–Crippen LogP) is 3.07. The van der Waals surface area contributed by atoms with Gasteiger partial charge in [0, 0.05) is 56.6 Å². The molecule has 2 N–H and O–H groups in total. The van der Waals surface area contributed by atoms with E-state index >= 15 is 0 Å². The largest absolute Gasteiger partial charge is 0.451 e. The average Bonchev–Trinajstić information content (AvgIpc) is 2.90. The number of rotatable bonds is 13. The molecule has 1 fully saturated rings. The molecule has 1 amide bonds. The molecule has 1 atom stereocenters. The minimum absolute atomic E-state index is 0.143. The van der Waals surface area contributed by atoms with E-state index in [1.165, 1.54) is 34.1 Å². The third kappa shape index (κ3) is 9.42. The highest BCUT2D eigenvalue weighted by Crippen LogP contribution is 2.30. The summed E-state index contributed by atoms with van der Waals surface area (Å²) in [5.41, 5.74) is 1.51. The zero-order valence-electron chi connectivity index (χ0n) is 21.2. The number of halogens is 3. The third-order valence-corrected chi connectivity index (χ3v) is 8.53. The third-order valence-electron chi connectivity index (χ3n) is 5.87. The van der Waals surface area contributed by atoms with Crippen molar-refractivity contribution in [2.24, 2.45) is 0 Å². The molecule has 0 aromatic heterocycles. The summed E-state index contributed by atoms with van der Waals surface area (Å²) < 4.78 is 51.3. The maximum absolute atomic E-state index is 14.8. The zero-order chi connectivity index (χ0) is 27.7. The molecule has 210 valence electrons. The molecule has 0 bridgehead atoms. The van der Waals surface area contributed by atoms with E-state index in [0.717, 1.165) is 50.6 Å². The molecule has 0 aliphatic carbocycles. The molecule has 1 heterocycles. The molecule has 3 rings (SSSR count). The van der Waals surface area contributed by atoms with Gasteiger partial charge in [-0.15, -0.1) is 0 Å². The minimum Gasteiger partial charge on any atom is -0.451 e. The number of hydroxylamine groups is 1. The van der Waals surface area contributed by atoms with Gasteiger partial charge in [-0.2, -0.15) is 0 Å². The van der Waals surface area contributed by atoms with E-state index in [0.29, 0.717) is 11.6 Å². The molecule has 2 aromatic carbocycles. The Hall–Kier alpha value is -1.84. The van der Waals surface area contributed by atoms with Crippen LogP contribution in [0.4, 0.5) is 8.78 Å². The Labute approximate surface area is 233 Å². The summed E-state index contributed by atoms with van der Waals surface area (Å²) in [5, 5.41) is 9.40. The second kappa shape index (κ2) is 15.1. The highest BCUT2D eigenvalue weighted by atomic mass is 35.5. The number of ether oxygens (including phenoxy) is 1. The Morgan fingerprint density at radius 2 is 1.79 bits per heavy atom. The van der Waals surface area contributed by atoms with E-state index in [9.17, 15) is 17.8 Å². The quantitative estimate of drug-likeness (QED) is 0.209. The number of amides is 1. The Kier molecular flexibility index (Phi) is 12.2. The van der Waals surface area contributed by atoms with Crippen molar-refractivity contribution in [3.8, 4) is 11.5 Å². The fourth-order valence-electron chi connectivity index (χ4n) is 3.63. The van der Waals surface area contributed by atoms with Crippen molar-refractivity contribution in [2.75, 3.05) is 72.2 Å². The number of hydrogen-bond acceptors (Lipinski definition) is 8. The van der Waals surface area contributed by atoms with Crippen molar-refractivity contribution < 1.29 is 27.7 Å². The Morgan fingerprint density at radius 3 is 2.39 bits per heavy atom. The zero-order valence-corrected chi connectivity index (χ0v) is 23.6. The van der Waals surface area contributed by atoms with Crippen molar-refractivity contribution in [1.82, 2.24) is 23.9 Å². The fourth-order valence-corrected chi connectivity index (χ4v) is 5.81. The van der Waals surface area contributed by atoms with Gasteiger partial charge in [-0.3, -0.25) is 19.2 Å². The molecule has 0 radical (unpaired) electrons. The molecule has 14 heteroatoms. The lowest BCUT2D eigenvalue weighted by Gasteiger charge is -2.32. The molecular weight excluding hydrogens is 560 g/mol. The maximum atomic E-state index is 14.8. The molecule has 0 saturated carbocycles. The van der Waals surface area contributed by atoms with Gasteiger partial charge < -0.3 is 9.64 Å². The lowest BCUT2D eigenvalue weighted by Crippen LogP contribution is -2.45. The molecule has 1 aliphatic heterocycles. The number of benzene rings is 2. The van der Waals surface area contributed by atoms with Crippen LogP contribution in [0, 0.1) is 11.6 Å². The predicted molar refractivity (Wildman–Crippen MR) is 145 cm³/mol. The molecule has 1 unspecified atom stereocenters. The molecule has 2 aromatic rings. The molecular formula is C24H32ClF2N5O4S2. The number of nitrogens with one attached hydrogen (secondary N) is 1. The SMILES string of the molecule is CN1CCN(CCSN(C)CCN(CC(=O)NO)S(=O)c2cc(F)c(Oc3ccc(Cl)cc3)c(F)c2)CC1. The van der Waals surface area contributed by atoms with Gasteiger partial charge in [-0.1, -0.05) is 23.5 Å². The van der Waals surface area contributed by atoms with Crippen LogP contribution >= 0.6 is 23.5 Å². The number of carbonyl (C=O) groups is 1. The first-order chi connectivity index (χ1) is 18.2. The first-order valence-corrected chi connectivity index (χ1v) is 14.4. The summed E-state index contributed by atoms with van der Waals surface area (Å²) in [4.78, 5) is 16.4. The molecule has 1 aliphatic rings. The number of likely N-dealkylation sites (N-methyl/N-ethyl adjacent to an activating group) is 2. The van der Waals surface area contributed by atoms with Crippen LogP contribution < -0.4 is 10.2 Å². The molecule has 38 heavy (non-hydrogen) atoms. The Bertz CT molecular complexity index is 1070. The molecule has 0 spiro atoms. The highest BCUT2D eigenvalue weighted by Gasteiger charge is 2.23. The average molecular weight is 592 g/mol. The molecule has 9 nitrogen and oxygen atoms in total. The Balaban J connectivity index is 1.60. The van der Waals surface area contributed by atoms with Crippen LogP contribution in [-0.4, -0.2) is 106 Å². The van der Waals surface area contributed by atoms with Gasteiger partial charge in [-0.25, -0.2) is 22.8 Å². The monoisotopic (exact) mass is 591 g/mol. The van der Waals surface area contributed by atoms with E-state index in [4.69, 9.17) is 21.5 Å². The van der Waals surface area contributed by atoms with Gasteiger partial charge in [0.1, 0.15) is 16.7 Å². The first-order valence-electron chi connectivity index (χ1n) is 11.9. The summed E-state index contributed by atoms with van der Waals surface area (Å²) in [6, 6.07) is 7.76. The van der Waals surface area contributed by atoms with E-state index < -0.39 is 40.8 Å². The maximum Gasteiger partial charge on any atom is 0.258 e. The first kappa shape index (κ1) is 30.7. The van der Waals surface area contributed by atoms with E-state index in [-0.39, 0.29) is 17.2 Å². The van der Waals surface area contributed by atoms with Crippen LogP contribution in [-0.2, 0) is 15.8 Å². The van der Waals surface area contributed by atoms with Gasteiger partial charge in [0.15, 0.2) is 17.4 Å². The van der Waals surface area contributed by atoms with E-state index in [2.05, 4.69) is 16.8 Å². The summed E-state index contributed by atoms with van der Waals surface area (Å²) in [6.45, 7) is 5.21. The number of carbonyl (C=O) groups excluding carboxylic acids is 1. The Morgan fingerprint density at radius 1 is 1.16 bits per heavy atom. The van der Waals surface area contributed by atoms with Crippen molar-refractivity contribution in [3.05, 3.63) is 53.1 Å². The lowest BCUT2D eigenvalue weighted by molar-refractivity contribution is -0.129. The topological polar surface area (TPSA) is 88.6 Å². The van der Waals surface area contributed by atoms with Gasteiger partial charge >= 0.3 is 0 Å². The van der Waals surface area contributed by atoms with Crippen LogP contribution in [0.1, 0.15) is 0 Å². The number of nitrogens with zero attached hydrogens (tertiary/aromatic N) is 4. The summed E-state index contributed by atoms with van der Waals surface area (Å²) in [7, 11) is 1.90. The van der Waals surface area contributed by atoms with Gasteiger partial charge in [0.05, 0.1) is 11.4 Å². The van der Waals surface area contributed by atoms with Crippen molar-refractivity contribution in [3.63, 3.8) is 0 Å². The normalized spacial score (nSPS) is 15.7. The number of piperazine rings is 1. The van der Waals surface area contributed by atoms with Crippen molar-refractivity contribution >= 4 is 40.4 Å². The minimum atomic E-state index is -2.09. The smallest absolute Gasteiger partial charge is 0.258 e. The molecule has 1 saturated heterocycles. The van der Waals surface area contributed by atoms with Crippen LogP contribution in [0.15, 0.2) is 41.3 Å². The highest BCUT2D eigenvalue weighted by molar-refractivity contribution is 7.97.